The zero-order valence-corrected chi connectivity index (χ0v) is 32.9. The van der Waals surface area contributed by atoms with Crippen molar-refractivity contribution in [2.75, 3.05) is 32.6 Å². The molecule has 10 atom stereocenters. The van der Waals surface area contributed by atoms with Gasteiger partial charge in [-0.05, 0) is 69.2 Å². The van der Waals surface area contributed by atoms with Crippen molar-refractivity contribution in [1.29, 1.82) is 0 Å². The number of aliphatic hydroxyl groups excluding tert-OH is 1. The Kier molecular flexibility index (Phi) is 15.9. The predicted molar refractivity (Wildman–Crippen MR) is 204 cm³/mol. The molecular weight excluding hydrogens is 699 g/mol. The van der Waals surface area contributed by atoms with Gasteiger partial charge in [-0.15, -0.1) is 6.58 Å². The van der Waals surface area contributed by atoms with Gasteiger partial charge >= 0.3 is 6.09 Å². The van der Waals surface area contributed by atoms with Crippen molar-refractivity contribution < 1.29 is 46.7 Å². The third-order valence-corrected chi connectivity index (χ3v) is 11.9. The lowest BCUT2D eigenvalue weighted by atomic mass is 9.83. The Balaban J connectivity index is 1.43. The van der Waals surface area contributed by atoms with Crippen molar-refractivity contribution in [2.45, 2.75) is 126 Å². The molecule has 0 spiro atoms. The molecule has 3 saturated heterocycles. The minimum Gasteiger partial charge on any atom is -0.444 e. The molecule has 2 unspecified atom stereocenters. The van der Waals surface area contributed by atoms with Crippen LogP contribution in [0.25, 0.3) is 0 Å². The Hall–Kier alpha value is -2.84. The van der Waals surface area contributed by atoms with Crippen LogP contribution < -0.4 is 5.32 Å². The number of methoxy groups -OCH3 is 1. The maximum absolute atomic E-state index is 13.7. The molecule has 1 amide bonds. The summed E-state index contributed by atoms with van der Waals surface area (Å²) >= 11 is 0. The molecule has 0 radical (unpaired) electrons. The van der Waals surface area contributed by atoms with E-state index in [1.807, 2.05) is 12.2 Å². The molecule has 1 aromatic carbocycles. The average Bonchev–Trinajstić information content (AvgIpc) is 3.61. The second-order valence-corrected chi connectivity index (χ2v) is 17.5. The van der Waals surface area contributed by atoms with E-state index in [2.05, 4.69) is 32.0 Å². The normalized spacial score (nSPS) is 30.1. The largest absolute Gasteiger partial charge is 0.444 e. The van der Waals surface area contributed by atoms with Crippen molar-refractivity contribution in [3.05, 3.63) is 79.4 Å². The lowest BCUT2D eigenvalue weighted by Gasteiger charge is -2.38. The van der Waals surface area contributed by atoms with E-state index in [1.165, 1.54) is 7.11 Å². The topological polar surface area (TPSA) is 139 Å². The van der Waals surface area contributed by atoms with Crippen LogP contribution in [0.4, 0.5) is 4.79 Å². The van der Waals surface area contributed by atoms with Crippen LogP contribution in [0.2, 0.25) is 0 Å². The van der Waals surface area contributed by atoms with Gasteiger partial charge in [-0.3, -0.25) is 0 Å². The lowest BCUT2D eigenvalue weighted by Crippen LogP contribution is -2.41. The zero-order valence-electron chi connectivity index (χ0n) is 32.1. The minimum absolute atomic E-state index is 0.0320. The van der Waals surface area contributed by atoms with E-state index in [4.69, 9.17) is 28.4 Å². The molecule has 1 aromatic rings. The fraction of sp³-hybridized carbons (Fsp3) is 0.634. The highest BCUT2D eigenvalue weighted by Crippen LogP contribution is 2.41. The number of alkyl carbamates (subject to hydrolysis) is 1. The number of rotatable bonds is 18. The predicted octanol–water partition coefficient (Wildman–Crippen LogP) is 6.13. The van der Waals surface area contributed by atoms with Crippen LogP contribution in [0, 0.1) is 11.8 Å². The van der Waals surface area contributed by atoms with E-state index in [0.717, 1.165) is 36.8 Å². The van der Waals surface area contributed by atoms with Gasteiger partial charge in [0, 0.05) is 38.8 Å². The molecule has 0 aromatic heterocycles. The van der Waals surface area contributed by atoms with Crippen LogP contribution in [0.15, 0.2) is 84.3 Å². The number of hydrogen-bond acceptors (Lipinski definition) is 10. The van der Waals surface area contributed by atoms with Crippen LogP contribution in [0.3, 0.4) is 0 Å². The molecule has 2 N–H and O–H groups in total. The second-order valence-electron chi connectivity index (χ2n) is 15.5. The molecule has 0 saturated carbocycles. The molecule has 0 bridgehead atoms. The fourth-order valence-corrected chi connectivity index (χ4v) is 9.10. The summed E-state index contributed by atoms with van der Waals surface area (Å²) in [6.45, 7) is 20.7. The van der Waals surface area contributed by atoms with E-state index in [1.54, 1.807) is 57.2 Å². The minimum atomic E-state index is -3.72. The Labute approximate surface area is 316 Å². The Bertz CT molecular complexity index is 1510. The quantitative estimate of drug-likeness (QED) is 0.133. The van der Waals surface area contributed by atoms with Gasteiger partial charge < -0.3 is 38.8 Å². The second kappa shape index (κ2) is 19.7. The molecule has 4 rings (SSSR count). The zero-order chi connectivity index (χ0) is 38.8. The highest BCUT2D eigenvalue weighted by molar-refractivity contribution is 7.91. The number of benzene rings is 1. The number of nitrogens with one attached hydrogen (secondary N) is 1. The molecular formula is C41H61NO10S. The fourth-order valence-electron chi connectivity index (χ4n) is 7.42. The van der Waals surface area contributed by atoms with Crippen molar-refractivity contribution in [3.8, 4) is 0 Å². The van der Waals surface area contributed by atoms with E-state index in [-0.39, 0.29) is 53.9 Å². The van der Waals surface area contributed by atoms with Crippen molar-refractivity contribution in [1.82, 2.24) is 5.32 Å². The third-order valence-electron chi connectivity index (χ3n) is 10.1. The maximum Gasteiger partial charge on any atom is 0.407 e. The third kappa shape index (κ3) is 12.9. The summed E-state index contributed by atoms with van der Waals surface area (Å²) in [5.74, 6) is -0.589. The molecule has 3 heterocycles. The van der Waals surface area contributed by atoms with E-state index in [9.17, 15) is 18.3 Å². The van der Waals surface area contributed by atoms with Crippen LogP contribution >= 0.6 is 0 Å². The monoisotopic (exact) mass is 759 g/mol. The van der Waals surface area contributed by atoms with Gasteiger partial charge in [0.05, 0.1) is 72.7 Å². The summed E-state index contributed by atoms with van der Waals surface area (Å²) < 4.78 is 63.7. The SMILES string of the molecule is C=CCOC/C=C/[C@H]1CC(=C)[C@H](CC[C@H]2C[C@@H](C)C(=C)C(C[C@@H]3OC(C[C@H](O)CNC(=O)OC(C)(C)C)[C@H](OC)[C@H]3CS(=O)(=O)c3ccccc3)O2)O1. The summed E-state index contributed by atoms with van der Waals surface area (Å²) in [5, 5.41) is 13.6. The summed E-state index contributed by atoms with van der Waals surface area (Å²) in [4.78, 5) is 12.5. The number of ether oxygens (including phenoxy) is 6. The Morgan fingerprint density at radius 2 is 1.81 bits per heavy atom. The summed E-state index contributed by atoms with van der Waals surface area (Å²) in [7, 11) is -2.19. The van der Waals surface area contributed by atoms with Crippen LogP contribution in [-0.2, 0) is 38.3 Å². The van der Waals surface area contributed by atoms with Crippen LogP contribution in [0.5, 0.6) is 0 Å². The van der Waals surface area contributed by atoms with Gasteiger partial charge in [0.15, 0.2) is 9.84 Å². The number of sulfone groups is 1. The molecule has 53 heavy (non-hydrogen) atoms. The Morgan fingerprint density at radius 1 is 1.08 bits per heavy atom. The van der Waals surface area contributed by atoms with E-state index in [0.29, 0.717) is 19.6 Å². The van der Waals surface area contributed by atoms with Gasteiger partial charge in [0.2, 0.25) is 0 Å². The smallest absolute Gasteiger partial charge is 0.407 e. The highest BCUT2D eigenvalue weighted by Gasteiger charge is 2.49. The van der Waals surface area contributed by atoms with Crippen molar-refractivity contribution in [2.24, 2.45) is 11.8 Å². The lowest BCUT2D eigenvalue weighted by molar-refractivity contribution is -0.0769. The van der Waals surface area contributed by atoms with Crippen molar-refractivity contribution >= 4 is 15.9 Å². The van der Waals surface area contributed by atoms with E-state index >= 15 is 0 Å². The molecule has 3 fully saturated rings. The molecule has 3 aliphatic heterocycles. The van der Waals surface area contributed by atoms with Crippen LogP contribution in [-0.4, -0.2) is 107 Å². The van der Waals surface area contributed by atoms with Gasteiger partial charge in [-0.2, -0.15) is 0 Å². The summed E-state index contributed by atoms with van der Waals surface area (Å²) in [5.41, 5.74) is 1.33. The number of carbonyl (C=O) groups is 1. The van der Waals surface area contributed by atoms with E-state index < -0.39 is 51.9 Å². The van der Waals surface area contributed by atoms with Gasteiger partial charge in [0.1, 0.15) is 5.60 Å². The highest BCUT2D eigenvalue weighted by atomic mass is 32.2. The first kappa shape index (κ1) is 42.9. The standard InChI is InChI=1S/C41H61NO10S/c1-9-19-48-20-13-14-31-22-28(3)35(49-31)18-17-32-21-27(2)29(4)36(50-32)24-37-34(26-53(45,46)33-15-11-10-12-16-33)39(47-8)38(51-37)23-30(43)25-42-40(44)52-41(5,6)7/h9-16,27,30-32,34-39,43H,1,3-4,17-26H2,2,5-8H3,(H,42,44)/b14-13+/t27-,30+,31+,32+,34+,35+,36?,37+,38?,39-/m1/s1. The molecule has 12 heteroatoms. The van der Waals surface area contributed by atoms with Crippen LogP contribution in [0.1, 0.15) is 66.2 Å². The first-order chi connectivity index (χ1) is 25.1. The average molecular weight is 760 g/mol. The van der Waals surface area contributed by atoms with Gasteiger partial charge in [0.25, 0.3) is 0 Å². The number of aliphatic hydroxyl groups is 1. The molecule has 296 valence electrons. The van der Waals surface area contributed by atoms with Gasteiger partial charge in [-0.25, -0.2) is 13.2 Å². The molecule has 0 aliphatic carbocycles. The summed E-state index contributed by atoms with van der Waals surface area (Å²) in [6, 6.07) is 8.35. The van der Waals surface area contributed by atoms with Crippen molar-refractivity contribution in [3.63, 3.8) is 0 Å². The van der Waals surface area contributed by atoms with Gasteiger partial charge in [-0.1, -0.05) is 56.5 Å². The Morgan fingerprint density at radius 3 is 2.49 bits per heavy atom. The first-order valence-corrected chi connectivity index (χ1v) is 20.4. The first-order valence-electron chi connectivity index (χ1n) is 18.7. The molecule has 3 aliphatic rings. The number of amides is 1. The number of hydrogen-bond donors (Lipinski definition) is 2. The maximum atomic E-state index is 13.7. The summed E-state index contributed by atoms with van der Waals surface area (Å²) in [6.07, 6.45) is 5.34. The number of carbonyl (C=O) groups excluding carboxylic acids is 1. The molecule has 11 nitrogen and oxygen atoms in total.